The Kier molecular flexibility index (Phi) is 1.57. The van der Waals surface area contributed by atoms with Crippen LogP contribution in [0.15, 0.2) is 10.7 Å². The standard InChI is InChI=1S/C5H5N2O3/c1-6-4(9)5-7-3(8)2-10-5/h2H,1H3,(H,6,9). The van der Waals surface area contributed by atoms with Gasteiger partial charge in [0, 0.05) is 7.05 Å². The van der Waals surface area contributed by atoms with Crippen molar-refractivity contribution in [2.75, 3.05) is 7.05 Å². The number of nitrogens with zero attached hydrogens (tertiary/aromatic N) is 1. The summed E-state index contributed by atoms with van der Waals surface area (Å²) in [6.07, 6.45) is 0.880. The molecule has 0 unspecified atom stereocenters. The largest absolute Gasteiger partial charge is 0.437 e. The highest BCUT2D eigenvalue weighted by molar-refractivity contribution is 5.89. The van der Waals surface area contributed by atoms with E-state index in [1.54, 1.807) is 0 Å². The number of hydrogen-bond acceptors (Lipinski definition) is 3. The van der Waals surface area contributed by atoms with Crippen molar-refractivity contribution in [1.29, 1.82) is 0 Å². The van der Waals surface area contributed by atoms with Crippen LogP contribution in [0.25, 0.3) is 0 Å². The number of carbonyl (C=O) groups is 1. The van der Waals surface area contributed by atoms with Crippen LogP contribution >= 0.6 is 0 Å². The van der Waals surface area contributed by atoms with Crippen molar-refractivity contribution in [3.05, 3.63) is 12.2 Å². The Morgan fingerprint density at radius 1 is 1.80 bits per heavy atom. The molecule has 1 aromatic rings. The van der Waals surface area contributed by atoms with Crippen molar-refractivity contribution in [3.8, 4) is 5.88 Å². The summed E-state index contributed by atoms with van der Waals surface area (Å²) in [4.78, 5) is 13.9. The van der Waals surface area contributed by atoms with E-state index >= 15 is 0 Å². The Morgan fingerprint density at radius 2 is 2.50 bits per heavy atom. The van der Waals surface area contributed by atoms with E-state index in [0.29, 0.717) is 0 Å². The molecule has 1 rings (SSSR count). The van der Waals surface area contributed by atoms with Gasteiger partial charge in [-0.1, -0.05) is 0 Å². The maximum absolute atomic E-state index is 10.6. The molecule has 0 aliphatic carbocycles. The maximum atomic E-state index is 10.6. The molecule has 53 valence electrons. The van der Waals surface area contributed by atoms with Crippen LogP contribution < -0.4 is 5.32 Å². The Bertz CT molecular complexity index is 243. The molecule has 1 heterocycles. The van der Waals surface area contributed by atoms with Gasteiger partial charge in [0.2, 0.25) is 0 Å². The highest BCUT2D eigenvalue weighted by Crippen LogP contribution is 2.07. The molecule has 0 fully saturated rings. The van der Waals surface area contributed by atoms with Gasteiger partial charge >= 0.3 is 11.8 Å². The van der Waals surface area contributed by atoms with Crippen LogP contribution in [0.5, 0.6) is 5.88 Å². The molecular weight excluding hydrogens is 136 g/mol. The molecule has 0 spiro atoms. The average molecular weight is 141 g/mol. The van der Waals surface area contributed by atoms with Gasteiger partial charge < -0.3 is 9.73 Å². The number of oxazole rings is 1. The zero-order chi connectivity index (χ0) is 7.56. The van der Waals surface area contributed by atoms with Crippen molar-refractivity contribution >= 4 is 5.91 Å². The van der Waals surface area contributed by atoms with Gasteiger partial charge in [-0.2, -0.15) is 4.98 Å². The predicted octanol–water partition coefficient (Wildman–Crippen LogP) is 0.178. The van der Waals surface area contributed by atoms with Crippen molar-refractivity contribution in [1.82, 2.24) is 10.3 Å². The number of nitrogens with one attached hydrogen (secondary N) is 1. The minimum absolute atomic E-state index is 0.201. The molecule has 1 amide bonds. The zero-order valence-electron chi connectivity index (χ0n) is 5.25. The molecule has 10 heavy (non-hydrogen) atoms. The summed E-state index contributed by atoms with van der Waals surface area (Å²) in [7, 11) is 1.43. The fraction of sp³-hybridized carbons (Fsp3) is 0.200. The number of hydrogen-bond donors (Lipinski definition) is 1. The van der Waals surface area contributed by atoms with Gasteiger partial charge in [-0.15, -0.1) is 0 Å². The highest BCUT2D eigenvalue weighted by Gasteiger charge is 2.10. The Morgan fingerprint density at radius 3 is 2.90 bits per heavy atom. The van der Waals surface area contributed by atoms with Crippen LogP contribution in [0.3, 0.4) is 0 Å². The van der Waals surface area contributed by atoms with Crippen LogP contribution in [0.2, 0.25) is 0 Å². The van der Waals surface area contributed by atoms with E-state index in [0.717, 1.165) is 6.26 Å². The van der Waals surface area contributed by atoms with Gasteiger partial charge in [-0.3, -0.25) is 9.90 Å². The third kappa shape index (κ3) is 1.07. The molecule has 0 saturated heterocycles. The first-order chi connectivity index (χ1) is 4.74. The lowest BCUT2D eigenvalue weighted by atomic mass is 10.6. The number of carbonyl (C=O) groups excluding carboxylic acids is 1. The second-order valence-corrected chi connectivity index (χ2v) is 1.57. The Labute approximate surface area is 56.7 Å². The van der Waals surface area contributed by atoms with E-state index in [1.807, 2.05) is 0 Å². The summed E-state index contributed by atoms with van der Waals surface area (Å²) in [5, 5.41) is 12.6. The van der Waals surface area contributed by atoms with E-state index in [9.17, 15) is 9.90 Å². The van der Waals surface area contributed by atoms with Gasteiger partial charge in [0.15, 0.2) is 6.26 Å². The lowest BCUT2D eigenvalue weighted by Crippen LogP contribution is -2.17. The first-order valence-corrected chi connectivity index (χ1v) is 2.58. The molecule has 0 aromatic carbocycles. The quantitative estimate of drug-likeness (QED) is 0.606. The van der Waals surface area contributed by atoms with E-state index in [4.69, 9.17) is 0 Å². The topological polar surface area (TPSA) is 75.0 Å². The van der Waals surface area contributed by atoms with Gasteiger partial charge in [0.05, 0.1) is 0 Å². The molecule has 1 aromatic heterocycles. The monoisotopic (exact) mass is 141 g/mol. The Hall–Kier alpha value is -1.52. The third-order valence-electron chi connectivity index (χ3n) is 0.904. The number of amides is 1. The SMILES string of the molecule is CNC(=O)c1nc([O])co1. The fourth-order valence-electron chi connectivity index (χ4n) is 0.470. The van der Waals surface area contributed by atoms with E-state index < -0.39 is 11.8 Å². The molecular formula is C5H5N2O3. The molecule has 0 saturated carbocycles. The number of rotatable bonds is 1. The highest BCUT2D eigenvalue weighted by atomic mass is 16.4. The summed E-state index contributed by atoms with van der Waals surface area (Å²) in [6.45, 7) is 0. The molecule has 1 N–H and O–H groups in total. The van der Waals surface area contributed by atoms with Gasteiger partial charge in [0.25, 0.3) is 5.89 Å². The van der Waals surface area contributed by atoms with Crippen LogP contribution in [0.4, 0.5) is 0 Å². The number of aromatic nitrogens is 1. The van der Waals surface area contributed by atoms with E-state index in [2.05, 4.69) is 14.7 Å². The van der Waals surface area contributed by atoms with Crippen molar-refractivity contribution in [2.24, 2.45) is 0 Å². The second-order valence-electron chi connectivity index (χ2n) is 1.57. The smallest absolute Gasteiger partial charge is 0.308 e. The minimum atomic E-state index is -0.543. The first-order valence-electron chi connectivity index (χ1n) is 2.58. The molecule has 0 aliphatic heterocycles. The summed E-state index contributed by atoms with van der Waals surface area (Å²) in [5.74, 6) is -1.24. The average Bonchev–Trinajstić information content (AvgIpc) is 2.34. The lowest BCUT2D eigenvalue weighted by Gasteiger charge is -1.88. The zero-order valence-corrected chi connectivity index (χ0v) is 5.25. The minimum Gasteiger partial charge on any atom is -0.437 e. The summed E-state index contributed by atoms with van der Waals surface area (Å²) < 4.78 is 4.48. The first kappa shape index (κ1) is 6.60. The van der Waals surface area contributed by atoms with Crippen LogP contribution in [0, 0.1) is 0 Å². The molecule has 5 heteroatoms. The second kappa shape index (κ2) is 2.38. The summed E-state index contributed by atoms with van der Waals surface area (Å²) >= 11 is 0. The summed E-state index contributed by atoms with van der Waals surface area (Å²) in [6, 6.07) is 0. The van der Waals surface area contributed by atoms with Gasteiger partial charge in [0.1, 0.15) is 0 Å². The summed E-state index contributed by atoms with van der Waals surface area (Å²) in [5.41, 5.74) is 0. The van der Waals surface area contributed by atoms with Crippen molar-refractivity contribution in [3.63, 3.8) is 0 Å². The Balaban J connectivity index is 2.85. The molecule has 5 nitrogen and oxygen atoms in total. The predicted molar refractivity (Wildman–Crippen MR) is 30.0 cm³/mol. The fourth-order valence-corrected chi connectivity index (χ4v) is 0.470. The van der Waals surface area contributed by atoms with Crippen LogP contribution in [0.1, 0.15) is 10.7 Å². The van der Waals surface area contributed by atoms with Gasteiger partial charge in [-0.05, 0) is 0 Å². The van der Waals surface area contributed by atoms with Crippen molar-refractivity contribution < 1.29 is 14.3 Å². The molecule has 0 aliphatic rings. The normalized spacial score (nSPS) is 9.30. The van der Waals surface area contributed by atoms with Crippen molar-refractivity contribution in [2.45, 2.75) is 0 Å². The van der Waals surface area contributed by atoms with Crippen LogP contribution in [-0.4, -0.2) is 17.9 Å². The lowest BCUT2D eigenvalue weighted by molar-refractivity contribution is 0.0928. The van der Waals surface area contributed by atoms with E-state index in [-0.39, 0.29) is 5.89 Å². The maximum Gasteiger partial charge on any atom is 0.308 e. The molecule has 1 radical (unpaired) electrons. The third-order valence-corrected chi connectivity index (χ3v) is 0.904. The molecule has 0 atom stereocenters. The van der Waals surface area contributed by atoms with Gasteiger partial charge in [-0.25, -0.2) is 0 Å². The van der Waals surface area contributed by atoms with Crippen LogP contribution in [-0.2, 0) is 5.11 Å². The van der Waals surface area contributed by atoms with E-state index in [1.165, 1.54) is 7.05 Å². The molecule has 0 bridgehead atoms.